The van der Waals surface area contributed by atoms with Crippen LogP contribution in [0.4, 0.5) is 10.1 Å². The molecule has 0 radical (unpaired) electrons. The number of rotatable bonds is 4. The molecule has 2 N–H and O–H groups in total. The minimum atomic E-state index is -0.908. The summed E-state index contributed by atoms with van der Waals surface area (Å²) in [6.07, 6.45) is 0. The predicted molar refractivity (Wildman–Crippen MR) is 61.3 cm³/mol. The molecule has 0 spiro atoms. The maximum atomic E-state index is 13.1. The van der Waals surface area contributed by atoms with Gasteiger partial charge in [0.05, 0.1) is 10.4 Å². The van der Waals surface area contributed by atoms with Crippen molar-refractivity contribution in [2.45, 2.75) is 13.8 Å². The lowest BCUT2D eigenvalue weighted by Gasteiger charge is -2.20. The fraction of sp³-hybridized carbons (Fsp3) is 0.364. The van der Waals surface area contributed by atoms with E-state index in [2.05, 4.69) is 5.32 Å². The number of aliphatic carboxylic acids is 1. The largest absolute Gasteiger partial charge is 0.481 e. The molecule has 3 nitrogen and oxygen atoms in total. The lowest BCUT2D eigenvalue weighted by molar-refractivity contribution is -0.146. The van der Waals surface area contributed by atoms with Crippen LogP contribution in [0.3, 0.4) is 0 Å². The predicted octanol–water partition coefficient (Wildman–Crippen LogP) is 3.00. The van der Waals surface area contributed by atoms with Crippen LogP contribution in [-0.2, 0) is 4.79 Å². The number of carboxylic acids is 1. The summed E-state index contributed by atoms with van der Waals surface area (Å²) in [5, 5.41) is 11.8. The van der Waals surface area contributed by atoms with Crippen LogP contribution >= 0.6 is 11.6 Å². The second-order valence-electron chi connectivity index (χ2n) is 4.17. The average molecular weight is 246 g/mol. The summed E-state index contributed by atoms with van der Waals surface area (Å²) in [5.74, 6) is -1.44. The Hall–Kier alpha value is -1.29. The van der Waals surface area contributed by atoms with E-state index in [0.29, 0.717) is 5.69 Å². The van der Waals surface area contributed by atoms with Crippen LogP contribution in [0.25, 0.3) is 0 Å². The van der Waals surface area contributed by atoms with Crippen LogP contribution in [0, 0.1) is 11.2 Å². The Kier molecular flexibility index (Phi) is 3.75. The molecule has 5 heteroatoms. The van der Waals surface area contributed by atoms with E-state index in [1.54, 1.807) is 19.9 Å². The molecule has 0 saturated heterocycles. The standard InChI is InChI=1S/C11H13ClFNO2/c1-11(2,10(15)16)6-14-7-3-4-8(12)9(13)5-7/h3-5,14H,6H2,1-2H3,(H,15,16). The third-order valence-electron chi connectivity index (χ3n) is 2.23. The molecular formula is C11H13ClFNO2. The van der Waals surface area contributed by atoms with Crippen molar-refractivity contribution in [2.75, 3.05) is 11.9 Å². The van der Waals surface area contributed by atoms with Crippen molar-refractivity contribution in [3.8, 4) is 0 Å². The zero-order valence-corrected chi connectivity index (χ0v) is 9.81. The summed E-state index contributed by atoms with van der Waals surface area (Å²) in [6.45, 7) is 3.40. The third-order valence-corrected chi connectivity index (χ3v) is 2.54. The van der Waals surface area contributed by atoms with Crippen LogP contribution in [0.15, 0.2) is 18.2 Å². The lowest BCUT2D eigenvalue weighted by atomic mass is 9.94. The van der Waals surface area contributed by atoms with E-state index >= 15 is 0 Å². The Morgan fingerprint density at radius 3 is 2.69 bits per heavy atom. The normalized spacial score (nSPS) is 11.2. The molecule has 1 aromatic carbocycles. The Morgan fingerprint density at radius 2 is 2.19 bits per heavy atom. The second kappa shape index (κ2) is 4.70. The van der Waals surface area contributed by atoms with Gasteiger partial charge in [0.1, 0.15) is 5.82 Å². The van der Waals surface area contributed by atoms with E-state index in [4.69, 9.17) is 16.7 Å². The Balaban J connectivity index is 2.68. The molecule has 1 rings (SSSR count). The van der Waals surface area contributed by atoms with Crippen LogP contribution in [-0.4, -0.2) is 17.6 Å². The highest BCUT2D eigenvalue weighted by molar-refractivity contribution is 6.30. The zero-order chi connectivity index (χ0) is 12.3. The summed E-state index contributed by atoms with van der Waals surface area (Å²) in [4.78, 5) is 10.8. The van der Waals surface area contributed by atoms with Gasteiger partial charge in [-0.05, 0) is 32.0 Å². The first kappa shape index (κ1) is 12.8. The highest BCUT2D eigenvalue weighted by atomic mass is 35.5. The summed E-state index contributed by atoms with van der Waals surface area (Å²) >= 11 is 5.52. The smallest absolute Gasteiger partial charge is 0.310 e. The number of halogens is 2. The van der Waals surface area contributed by atoms with Crippen LogP contribution < -0.4 is 5.32 Å². The number of carboxylic acid groups (broad SMARTS) is 1. The minimum absolute atomic E-state index is 0.0445. The molecule has 1 aromatic rings. The molecule has 88 valence electrons. The molecule has 0 aliphatic carbocycles. The van der Waals surface area contributed by atoms with Crippen molar-refractivity contribution < 1.29 is 14.3 Å². The molecular weight excluding hydrogens is 233 g/mol. The molecule has 16 heavy (non-hydrogen) atoms. The second-order valence-corrected chi connectivity index (χ2v) is 4.58. The number of nitrogens with one attached hydrogen (secondary N) is 1. The van der Waals surface area contributed by atoms with Crippen LogP contribution in [0.1, 0.15) is 13.8 Å². The summed E-state index contributed by atoms with van der Waals surface area (Å²) < 4.78 is 13.1. The van der Waals surface area contributed by atoms with E-state index < -0.39 is 17.2 Å². The van der Waals surface area contributed by atoms with Gasteiger partial charge in [-0.15, -0.1) is 0 Å². The summed E-state index contributed by atoms with van der Waals surface area (Å²) in [6, 6.07) is 4.26. The van der Waals surface area contributed by atoms with Crippen LogP contribution in [0.5, 0.6) is 0 Å². The van der Waals surface area contributed by atoms with Gasteiger partial charge < -0.3 is 10.4 Å². The van der Waals surface area contributed by atoms with Gasteiger partial charge in [-0.3, -0.25) is 4.79 Å². The third kappa shape index (κ3) is 3.10. The first-order valence-electron chi connectivity index (χ1n) is 4.75. The van der Waals surface area contributed by atoms with E-state index in [-0.39, 0.29) is 11.6 Å². The van der Waals surface area contributed by atoms with Gasteiger partial charge in [-0.2, -0.15) is 0 Å². The van der Waals surface area contributed by atoms with Gasteiger partial charge >= 0.3 is 5.97 Å². The molecule has 0 fully saturated rings. The molecule has 0 bridgehead atoms. The molecule has 0 unspecified atom stereocenters. The molecule has 0 atom stereocenters. The molecule has 0 aliphatic rings. The van der Waals surface area contributed by atoms with Crippen molar-refractivity contribution >= 4 is 23.3 Å². The number of benzene rings is 1. The van der Waals surface area contributed by atoms with E-state index in [1.165, 1.54) is 12.1 Å². The van der Waals surface area contributed by atoms with Gasteiger partial charge in [-0.25, -0.2) is 4.39 Å². The van der Waals surface area contributed by atoms with Crippen molar-refractivity contribution in [1.82, 2.24) is 0 Å². The first-order valence-corrected chi connectivity index (χ1v) is 5.13. The topological polar surface area (TPSA) is 49.3 Å². The molecule has 0 amide bonds. The van der Waals surface area contributed by atoms with Crippen molar-refractivity contribution in [3.05, 3.63) is 29.0 Å². The van der Waals surface area contributed by atoms with Crippen molar-refractivity contribution in [1.29, 1.82) is 0 Å². The lowest BCUT2D eigenvalue weighted by Crippen LogP contribution is -2.31. The highest BCUT2D eigenvalue weighted by Gasteiger charge is 2.26. The Morgan fingerprint density at radius 1 is 1.56 bits per heavy atom. The highest BCUT2D eigenvalue weighted by Crippen LogP contribution is 2.21. The zero-order valence-electron chi connectivity index (χ0n) is 9.05. The van der Waals surface area contributed by atoms with Crippen LogP contribution in [0.2, 0.25) is 5.02 Å². The van der Waals surface area contributed by atoms with Gasteiger partial charge in [0.2, 0.25) is 0 Å². The first-order chi connectivity index (χ1) is 7.33. The van der Waals surface area contributed by atoms with Crippen molar-refractivity contribution in [2.24, 2.45) is 5.41 Å². The quantitative estimate of drug-likeness (QED) is 0.857. The maximum absolute atomic E-state index is 13.1. The Labute approximate surface area is 98.2 Å². The van der Waals surface area contributed by atoms with Gasteiger partial charge in [0.25, 0.3) is 0 Å². The fourth-order valence-electron chi connectivity index (χ4n) is 1.00. The van der Waals surface area contributed by atoms with E-state index in [1.807, 2.05) is 0 Å². The summed E-state index contributed by atoms with van der Waals surface area (Å²) in [5.41, 5.74) is -0.396. The van der Waals surface area contributed by atoms with E-state index in [9.17, 15) is 9.18 Å². The number of anilines is 1. The van der Waals surface area contributed by atoms with Gasteiger partial charge in [0.15, 0.2) is 0 Å². The Bertz CT molecular complexity index is 407. The van der Waals surface area contributed by atoms with Gasteiger partial charge in [0, 0.05) is 12.2 Å². The van der Waals surface area contributed by atoms with Crippen molar-refractivity contribution in [3.63, 3.8) is 0 Å². The number of hydrogen-bond donors (Lipinski definition) is 2. The minimum Gasteiger partial charge on any atom is -0.481 e. The number of hydrogen-bond acceptors (Lipinski definition) is 2. The molecule has 0 heterocycles. The summed E-state index contributed by atoms with van der Waals surface area (Å²) in [7, 11) is 0. The monoisotopic (exact) mass is 245 g/mol. The number of carbonyl (C=O) groups is 1. The molecule has 0 aromatic heterocycles. The SMILES string of the molecule is CC(C)(CNc1ccc(Cl)c(F)c1)C(=O)O. The molecule has 0 aliphatic heterocycles. The average Bonchev–Trinajstić information content (AvgIpc) is 2.20. The maximum Gasteiger partial charge on any atom is 0.310 e. The molecule has 0 saturated carbocycles. The van der Waals surface area contributed by atoms with E-state index in [0.717, 1.165) is 0 Å². The fourth-order valence-corrected chi connectivity index (χ4v) is 1.12. The van der Waals surface area contributed by atoms with Gasteiger partial charge in [-0.1, -0.05) is 11.6 Å².